The average Bonchev–Trinajstić information content (AvgIpc) is 3.03. The number of benzene rings is 1. The van der Waals surface area contributed by atoms with Crippen LogP contribution in [0.15, 0.2) is 34.9 Å². The van der Waals surface area contributed by atoms with Crippen molar-refractivity contribution in [1.82, 2.24) is 15.0 Å². The molecule has 2 atom stereocenters. The Bertz CT molecular complexity index is 624. The van der Waals surface area contributed by atoms with Crippen molar-refractivity contribution in [3.63, 3.8) is 0 Å². The number of rotatable bonds is 7. The van der Waals surface area contributed by atoms with E-state index in [1.807, 2.05) is 37.3 Å². The lowest BCUT2D eigenvalue weighted by atomic mass is 9.84. The minimum absolute atomic E-state index is 0.0850. The Labute approximate surface area is 137 Å². The van der Waals surface area contributed by atoms with E-state index in [9.17, 15) is 4.79 Å². The molecule has 5 nitrogen and oxygen atoms in total. The van der Waals surface area contributed by atoms with Crippen molar-refractivity contribution in [1.29, 1.82) is 0 Å². The maximum atomic E-state index is 13.0. The highest BCUT2D eigenvalue weighted by Gasteiger charge is 2.29. The Morgan fingerprint density at radius 2 is 1.96 bits per heavy atom. The van der Waals surface area contributed by atoms with E-state index in [1.165, 1.54) is 0 Å². The van der Waals surface area contributed by atoms with Gasteiger partial charge < -0.3 is 9.42 Å². The third-order valence-electron chi connectivity index (χ3n) is 4.21. The van der Waals surface area contributed by atoms with Crippen molar-refractivity contribution in [2.24, 2.45) is 5.92 Å². The van der Waals surface area contributed by atoms with Gasteiger partial charge in [-0.3, -0.25) is 4.79 Å². The molecule has 1 heterocycles. The van der Waals surface area contributed by atoms with Gasteiger partial charge in [0.05, 0.1) is 12.5 Å². The Kier molecular flexibility index (Phi) is 5.90. The van der Waals surface area contributed by atoms with E-state index in [2.05, 4.69) is 24.0 Å². The molecule has 5 heteroatoms. The molecule has 124 valence electrons. The predicted molar refractivity (Wildman–Crippen MR) is 88.8 cm³/mol. The third-order valence-corrected chi connectivity index (χ3v) is 4.21. The Morgan fingerprint density at radius 1 is 1.26 bits per heavy atom. The van der Waals surface area contributed by atoms with Crippen LogP contribution in [-0.4, -0.2) is 28.0 Å². The number of hydrogen-bond acceptors (Lipinski definition) is 4. The summed E-state index contributed by atoms with van der Waals surface area (Å²) in [6.07, 6.45) is 1.67. The largest absolute Gasteiger partial charge is 0.337 e. The highest BCUT2D eigenvalue weighted by molar-refractivity contribution is 5.83. The van der Waals surface area contributed by atoms with Gasteiger partial charge in [-0.25, -0.2) is 0 Å². The maximum Gasteiger partial charge on any atom is 0.246 e. The number of carbonyl (C=O) groups is 1. The van der Waals surface area contributed by atoms with E-state index in [-0.39, 0.29) is 17.7 Å². The van der Waals surface area contributed by atoms with Crippen LogP contribution in [0.1, 0.15) is 50.4 Å². The van der Waals surface area contributed by atoms with Gasteiger partial charge in [0.1, 0.15) is 0 Å². The Hall–Kier alpha value is -2.17. The molecule has 0 N–H and O–H groups in total. The smallest absolute Gasteiger partial charge is 0.246 e. The summed E-state index contributed by atoms with van der Waals surface area (Å²) in [6.45, 7) is 6.54. The van der Waals surface area contributed by atoms with Crippen LogP contribution in [0.25, 0.3) is 0 Å². The first-order chi connectivity index (χ1) is 11.1. The number of aromatic nitrogens is 2. The van der Waals surface area contributed by atoms with E-state index in [0.717, 1.165) is 18.4 Å². The first-order valence-electron chi connectivity index (χ1n) is 8.18. The average molecular weight is 315 g/mol. The molecule has 0 spiro atoms. The van der Waals surface area contributed by atoms with E-state index in [4.69, 9.17) is 4.52 Å². The number of amides is 1. The molecule has 1 aromatic carbocycles. The number of hydrogen-bond donors (Lipinski definition) is 0. The van der Waals surface area contributed by atoms with Crippen molar-refractivity contribution in [2.75, 3.05) is 7.05 Å². The molecular weight excluding hydrogens is 290 g/mol. The van der Waals surface area contributed by atoms with Crippen LogP contribution in [0.5, 0.6) is 0 Å². The van der Waals surface area contributed by atoms with Gasteiger partial charge in [0.25, 0.3) is 0 Å². The molecule has 0 aliphatic carbocycles. The van der Waals surface area contributed by atoms with E-state index >= 15 is 0 Å². The molecule has 2 rings (SSSR count). The lowest BCUT2D eigenvalue weighted by Crippen LogP contribution is -2.34. The minimum Gasteiger partial charge on any atom is -0.337 e. The van der Waals surface area contributed by atoms with Crippen LogP contribution in [0.4, 0.5) is 0 Å². The highest BCUT2D eigenvalue weighted by atomic mass is 16.5. The first kappa shape index (κ1) is 17.2. The maximum absolute atomic E-state index is 13.0. The van der Waals surface area contributed by atoms with Gasteiger partial charge in [-0.2, -0.15) is 4.98 Å². The molecule has 0 fully saturated rings. The molecule has 0 bridgehead atoms. The first-order valence-corrected chi connectivity index (χ1v) is 8.18. The standard InChI is InChI=1S/C18H25N3O2/c1-5-13(3)17(14-10-8-7-9-11-14)18(22)21(4)12-16-19-15(6-2)20-23-16/h7-11,13,17H,5-6,12H2,1-4H3/t13-,17-/m1/s1. The van der Waals surface area contributed by atoms with Crippen molar-refractivity contribution in [3.8, 4) is 0 Å². The van der Waals surface area contributed by atoms with E-state index in [1.54, 1.807) is 11.9 Å². The molecule has 0 radical (unpaired) electrons. The van der Waals surface area contributed by atoms with Crippen LogP contribution in [0, 0.1) is 5.92 Å². The lowest BCUT2D eigenvalue weighted by Gasteiger charge is -2.27. The Balaban J connectivity index is 2.16. The fraction of sp³-hybridized carbons (Fsp3) is 0.500. The molecule has 0 unspecified atom stereocenters. The lowest BCUT2D eigenvalue weighted by molar-refractivity contribution is -0.133. The monoisotopic (exact) mass is 315 g/mol. The summed E-state index contributed by atoms with van der Waals surface area (Å²) >= 11 is 0. The minimum atomic E-state index is -0.153. The SMILES string of the molecule is CCc1noc(CN(C)C(=O)[C@@H](c2ccccc2)[C@H](C)CC)n1. The number of aryl methyl sites for hydroxylation is 1. The van der Waals surface area contributed by atoms with Crippen LogP contribution in [0.2, 0.25) is 0 Å². The summed E-state index contributed by atoms with van der Waals surface area (Å²) in [5.74, 6) is 1.35. The van der Waals surface area contributed by atoms with E-state index in [0.29, 0.717) is 18.3 Å². The zero-order valence-corrected chi connectivity index (χ0v) is 14.3. The predicted octanol–water partition coefficient (Wildman–Crippen LogP) is 3.42. The third kappa shape index (κ3) is 4.18. The summed E-state index contributed by atoms with van der Waals surface area (Å²) in [7, 11) is 1.79. The van der Waals surface area contributed by atoms with Gasteiger partial charge in [-0.15, -0.1) is 0 Å². The quantitative estimate of drug-likeness (QED) is 0.785. The molecule has 23 heavy (non-hydrogen) atoms. The molecular formula is C18H25N3O2. The molecule has 0 aliphatic rings. The Morgan fingerprint density at radius 3 is 2.52 bits per heavy atom. The van der Waals surface area contributed by atoms with Crippen LogP contribution < -0.4 is 0 Å². The van der Waals surface area contributed by atoms with Gasteiger partial charge in [0.2, 0.25) is 11.8 Å². The summed E-state index contributed by atoms with van der Waals surface area (Å²) in [4.78, 5) is 18.9. The number of nitrogens with zero attached hydrogens (tertiary/aromatic N) is 3. The van der Waals surface area contributed by atoms with Crippen LogP contribution in [0.3, 0.4) is 0 Å². The van der Waals surface area contributed by atoms with E-state index < -0.39 is 0 Å². The highest BCUT2D eigenvalue weighted by Crippen LogP contribution is 2.29. The second kappa shape index (κ2) is 7.90. The molecule has 0 aliphatic heterocycles. The van der Waals surface area contributed by atoms with Gasteiger partial charge in [-0.05, 0) is 11.5 Å². The fourth-order valence-corrected chi connectivity index (χ4v) is 2.63. The molecule has 1 amide bonds. The normalized spacial score (nSPS) is 13.6. The number of likely N-dealkylation sites (N-methyl/N-ethyl adjacent to an activating group) is 1. The van der Waals surface area contributed by atoms with Gasteiger partial charge in [-0.1, -0.05) is 62.7 Å². The van der Waals surface area contributed by atoms with Crippen LogP contribution >= 0.6 is 0 Å². The van der Waals surface area contributed by atoms with Crippen molar-refractivity contribution >= 4 is 5.91 Å². The van der Waals surface area contributed by atoms with Crippen LogP contribution in [-0.2, 0) is 17.8 Å². The van der Waals surface area contributed by atoms with Crippen molar-refractivity contribution in [2.45, 2.75) is 46.1 Å². The zero-order chi connectivity index (χ0) is 16.8. The zero-order valence-electron chi connectivity index (χ0n) is 14.3. The molecule has 1 aromatic heterocycles. The molecule has 2 aromatic rings. The second-order valence-electron chi connectivity index (χ2n) is 5.93. The van der Waals surface area contributed by atoms with Gasteiger partial charge >= 0.3 is 0 Å². The summed E-state index contributed by atoms with van der Waals surface area (Å²) in [6, 6.07) is 9.96. The second-order valence-corrected chi connectivity index (χ2v) is 5.93. The topological polar surface area (TPSA) is 59.2 Å². The summed E-state index contributed by atoms with van der Waals surface area (Å²) in [5, 5.41) is 3.88. The summed E-state index contributed by atoms with van der Waals surface area (Å²) in [5.41, 5.74) is 1.05. The van der Waals surface area contributed by atoms with Crippen molar-refractivity contribution in [3.05, 3.63) is 47.6 Å². The fourth-order valence-electron chi connectivity index (χ4n) is 2.63. The van der Waals surface area contributed by atoms with Gasteiger partial charge in [0.15, 0.2) is 5.82 Å². The molecule has 0 saturated carbocycles. The number of carbonyl (C=O) groups excluding carboxylic acids is 1. The van der Waals surface area contributed by atoms with Crippen molar-refractivity contribution < 1.29 is 9.32 Å². The summed E-state index contributed by atoms with van der Waals surface area (Å²) < 4.78 is 5.19. The molecule has 0 saturated heterocycles. The van der Waals surface area contributed by atoms with Gasteiger partial charge in [0, 0.05) is 13.5 Å².